The number of fused-ring (bicyclic) bond motifs is 3. The van der Waals surface area contributed by atoms with Crippen LogP contribution in [0.25, 0.3) is 23.2 Å². The smallest absolute Gasteiger partial charge is 0.320 e. The lowest BCUT2D eigenvalue weighted by atomic mass is 10.0. The van der Waals surface area contributed by atoms with Crippen LogP contribution in [0.4, 0.5) is 13.2 Å². The highest BCUT2D eigenvalue weighted by Gasteiger charge is 2.32. The normalized spacial score (nSPS) is 15.7. The van der Waals surface area contributed by atoms with Gasteiger partial charge in [-0.3, -0.25) is 0 Å². The Labute approximate surface area is 150 Å². The molecule has 0 amide bonds. The monoisotopic (exact) mass is 356 g/mol. The first-order valence-corrected chi connectivity index (χ1v) is 8.58. The minimum absolute atomic E-state index is 0.592. The van der Waals surface area contributed by atoms with Crippen LogP contribution in [-0.4, -0.2) is 23.1 Å². The Morgan fingerprint density at radius 2 is 1.81 bits per heavy atom. The van der Waals surface area contributed by atoms with E-state index in [-0.39, 0.29) is 0 Å². The van der Waals surface area contributed by atoms with E-state index in [9.17, 15) is 13.2 Å². The van der Waals surface area contributed by atoms with Gasteiger partial charge in [0.15, 0.2) is 0 Å². The number of nitrogens with zero attached hydrogens (tertiary/aromatic N) is 2. The van der Waals surface area contributed by atoms with Gasteiger partial charge < -0.3 is 9.47 Å². The fourth-order valence-electron chi connectivity index (χ4n) is 3.60. The highest BCUT2D eigenvalue weighted by atomic mass is 19.4. The Balaban J connectivity index is 1.88. The summed E-state index contributed by atoms with van der Waals surface area (Å²) in [4.78, 5) is 2.15. The van der Waals surface area contributed by atoms with E-state index < -0.39 is 11.7 Å². The van der Waals surface area contributed by atoms with E-state index in [1.54, 1.807) is 6.07 Å². The molecular formula is C21H19F3N2. The fraction of sp³-hybridized carbons (Fsp3) is 0.238. The predicted octanol–water partition coefficient (Wildman–Crippen LogP) is 5.28. The van der Waals surface area contributed by atoms with E-state index in [1.807, 2.05) is 54.2 Å². The summed E-state index contributed by atoms with van der Waals surface area (Å²) in [6.07, 6.45) is 0.454. The number of halogens is 3. The van der Waals surface area contributed by atoms with Gasteiger partial charge in [-0.05, 0) is 42.4 Å². The second-order valence-corrected chi connectivity index (χ2v) is 6.74. The van der Waals surface area contributed by atoms with Crippen molar-refractivity contribution in [1.29, 1.82) is 0 Å². The van der Waals surface area contributed by atoms with Crippen LogP contribution in [-0.2, 0) is 19.1 Å². The molecule has 0 saturated carbocycles. The maximum absolute atomic E-state index is 13.2. The van der Waals surface area contributed by atoms with Gasteiger partial charge >= 0.3 is 6.18 Å². The Morgan fingerprint density at radius 1 is 1.04 bits per heavy atom. The molecule has 0 N–H and O–H groups in total. The van der Waals surface area contributed by atoms with Gasteiger partial charge in [-0.25, -0.2) is 0 Å². The molecule has 3 aromatic rings. The molecule has 26 heavy (non-hydrogen) atoms. The molecule has 2 aromatic carbocycles. The molecule has 2 heterocycles. The standard InChI is InChI=1S/C21H19F3N2/c1-25-11-10-20-18(14-25)17-13-16(21(22,23)24)7-8-19(17)26(20)12-9-15-5-3-2-4-6-15/h2-9,12-13H,10-11,14H2,1H3. The largest absolute Gasteiger partial charge is 0.416 e. The third-order valence-electron chi connectivity index (χ3n) is 4.92. The first kappa shape index (κ1) is 16.9. The number of hydrogen-bond acceptors (Lipinski definition) is 1. The van der Waals surface area contributed by atoms with Gasteiger partial charge in [0.25, 0.3) is 0 Å². The molecular weight excluding hydrogens is 337 g/mol. The van der Waals surface area contributed by atoms with Crippen molar-refractivity contribution in [3.8, 4) is 0 Å². The average Bonchev–Trinajstić information content (AvgIpc) is 2.92. The van der Waals surface area contributed by atoms with Crippen LogP contribution in [0.3, 0.4) is 0 Å². The molecule has 1 aromatic heterocycles. The van der Waals surface area contributed by atoms with Crippen LogP contribution in [0.1, 0.15) is 22.4 Å². The summed E-state index contributed by atoms with van der Waals surface area (Å²) in [7, 11) is 2.00. The zero-order valence-electron chi connectivity index (χ0n) is 14.4. The minimum atomic E-state index is -4.33. The van der Waals surface area contributed by atoms with Crippen molar-refractivity contribution >= 4 is 23.2 Å². The second-order valence-electron chi connectivity index (χ2n) is 6.74. The molecule has 4 rings (SSSR count). The van der Waals surface area contributed by atoms with Gasteiger partial charge in [-0.1, -0.05) is 30.3 Å². The fourth-order valence-corrected chi connectivity index (χ4v) is 3.60. The number of hydrogen-bond donors (Lipinski definition) is 0. The minimum Gasteiger partial charge on any atom is -0.320 e. The number of rotatable bonds is 2. The lowest BCUT2D eigenvalue weighted by Gasteiger charge is -2.23. The first-order chi connectivity index (χ1) is 12.4. The highest BCUT2D eigenvalue weighted by Crippen LogP contribution is 2.36. The third kappa shape index (κ3) is 3.03. The molecule has 0 unspecified atom stereocenters. The number of likely N-dealkylation sites (N-methyl/N-ethyl adjacent to an activating group) is 1. The van der Waals surface area contributed by atoms with Crippen molar-refractivity contribution in [1.82, 2.24) is 9.47 Å². The zero-order valence-corrected chi connectivity index (χ0v) is 14.4. The van der Waals surface area contributed by atoms with Crippen molar-refractivity contribution in [2.45, 2.75) is 19.1 Å². The average molecular weight is 356 g/mol. The second kappa shape index (κ2) is 6.32. The summed E-state index contributed by atoms with van der Waals surface area (Å²) < 4.78 is 41.6. The SMILES string of the molecule is CN1CCc2c(c3cc(C(F)(F)F)ccc3n2C=Cc2ccccc2)C1. The lowest BCUT2D eigenvalue weighted by Crippen LogP contribution is -2.26. The van der Waals surface area contributed by atoms with Crippen LogP contribution >= 0.6 is 0 Å². The molecule has 1 aliphatic rings. The van der Waals surface area contributed by atoms with Crippen LogP contribution in [0.2, 0.25) is 0 Å². The van der Waals surface area contributed by atoms with Crippen LogP contribution in [0.5, 0.6) is 0 Å². The van der Waals surface area contributed by atoms with E-state index in [0.29, 0.717) is 11.9 Å². The Kier molecular flexibility index (Phi) is 4.11. The zero-order chi connectivity index (χ0) is 18.3. The topological polar surface area (TPSA) is 8.17 Å². The maximum atomic E-state index is 13.2. The number of aromatic nitrogens is 1. The van der Waals surface area contributed by atoms with E-state index in [4.69, 9.17) is 0 Å². The number of benzene rings is 2. The van der Waals surface area contributed by atoms with Gasteiger partial charge in [0.05, 0.1) is 11.1 Å². The summed E-state index contributed by atoms with van der Waals surface area (Å²) in [5, 5.41) is 0.694. The van der Waals surface area contributed by atoms with Crippen LogP contribution in [0, 0.1) is 0 Å². The molecule has 1 aliphatic heterocycles. The quantitative estimate of drug-likeness (QED) is 0.607. The van der Waals surface area contributed by atoms with Crippen LogP contribution < -0.4 is 0 Å². The summed E-state index contributed by atoms with van der Waals surface area (Å²) in [5.74, 6) is 0. The van der Waals surface area contributed by atoms with Crippen molar-refractivity contribution in [2.24, 2.45) is 0 Å². The molecule has 0 atom stereocenters. The maximum Gasteiger partial charge on any atom is 0.416 e. The Hall–Kier alpha value is -2.53. The molecule has 0 fully saturated rings. The summed E-state index contributed by atoms with van der Waals surface area (Å²) >= 11 is 0. The van der Waals surface area contributed by atoms with E-state index in [1.165, 1.54) is 12.1 Å². The molecule has 0 saturated heterocycles. The first-order valence-electron chi connectivity index (χ1n) is 8.58. The molecule has 134 valence electrons. The molecule has 0 aliphatic carbocycles. The van der Waals surface area contributed by atoms with Crippen molar-refractivity contribution in [2.75, 3.05) is 13.6 Å². The lowest BCUT2D eigenvalue weighted by molar-refractivity contribution is -0.137. The molecule has 0 radical (unpaired) electrons. The summed E-state index contributed by atoms with van der Waals surface area (Å²) in [5.41, 5.74) is 3.39. The summed E-state index contributed by atoms with van der Waals surface area (Å²) in [6, 6.07) is 13.9. The Bertz CT molecular complexity index is 968. The molecule has 0 bridgehead atoms. The van der Waals surface area contributed by atoms with Crippen molar-refractivity contribution in [3.63, 3.8) is 0 Å². The van der Waals surface area contributed by atoms with E-state index >= 15 is 0 Å². The third-order valence-corrected chi connectivity index (χ3v) is 4.92. The van der Waals surface area contributed by atoms with Gasteiger partial charge in [-0.2, -0.15) is 13.2 Å². The summed E-state index contributed by atoms with van der Waals surface area (Å²) in [6.45, 7) is 1.56. The molecule has 5 heteroatoms. The predicted molar refractivity (Wildman–Crippen MR) is 98.6 cm³/mol. The molecule has 0 spiro atoms. The van der Waals surface area contributed by atoms with E-state index in [2.05, 4.69) is 4.90 Å². The highest BCUT2D eigenvalue weighted by molar-refractivity contribution is 5.89. The van der Waals surface area contributed by atoms with Gasteiger partial charge in [0, 0.05) is 36.8 Å². The van der Waals surface area contributed by atoms with Crippen molar-refractivity contribution in [3.05, 3.63) is 70.9 Å². The van der Waals surface area contributed by atoms with Crippen LogP contribution in [0.15, 0.2) is 48.5 Å². The van der Waals surface area contributed by atoms with Crippen molar-refractivity contribution < 1.29 is 13.2 Å². The number of alkyl halides is 3. The van der Waals surface area contributed by atoms with Gasteiger partial charge in [0.1, 0.15) is 0 Å². The Morgan fingerprint density at radius 3 is 2.54 bits per heavy atom. The van der Waals surface area contributed by atoms with Gasteiger partial charge in [-0.15, -0.1) is 0 Å². The van der Waals surface area contributed by atoms with E-state index in [0.717, 1.165) is 35.3 Å². The van der Waals surface area contributed by atoms with Gasteiger partial charge in [0.2, 0.25) is 0 Å². The molecule has 2 nitrogen and oxygen atoms in total.